The molecule has 0 spiro atoms. The summed E-state index contributed by atoms with van der Waals surface area (Å²) in [7, 11) is 0. The number of oxazole rings is 1. The van der Waals surface area contributed by atoms with Crippen LogP contribution >= 0.6 is 0 Å². The summed E-state index contributed by atoms with van der Waals surface area (Å²) in [6.07, 6.45) is 4.71. The maximum Gasteiger partial charge on any atom is 0.303 e. The average molecular weight is 328 g/mol. The van der Waals surface area contributed by atoms with Crippen LogP contribution < -0.4 is 0 Å². The fourth-order valence-corrected chi connectivity index (χ4v) is 3.09. The van der Waals surface area contributed by atoms with Crippen molar-refractivity contribution in [2.45, 2.75) is 38.1 Å². The zero-order chi connectivity index (χ0) is 16.9. The minimum Gasteiger partial charge on any atom is -0.481 e. The Labute approximate surface area is 140 Å². The van der Waals surface area contributed by atoms with E-state index in [0.717, 1.165) is 24.8 Å². The minimum atomic E-state index is -0.833. The fourth-order valence-electron chi connectivity index (χ4n) is 3.09. The highest BCUT2D eigenvalue weighted by Gasteiger charge is 2.29. The van der Waals surface area contributed by atoms with Crippen molar-refractivity contribution in [3.8, 4) is 11.5 Å². The third-order valence-corrected chi connectivity index (χ3v) is 4.32. The molecule has 1 aliphatic rings. The van der Waals surface area contributed by atoms with Crippen molar-refractivity contribution in [1.82, 2.24) is 9.88 Å². The van der Waals surface area contributed by atoms with Crippen molar-refractivity contribution in [3.63, 3.8) is 0 Å². The molecule has 6 heteroatoms. The van der Waals surface area contributed by atoms with Crippen LogP contribution in [0.5, 0.6) is 0 Å². The van der Waals surface area contributed by atoms with Gasteiger partial charge in [0.15, 0.2) is 5.69 Å². The number of carboxylic acid groups (broad SMARTS) is 1. The summed E-state index contributed by atoms with van der Waals surface area (Å²) < 4.78 is 5.44. The van der Waals surface area contributed by atoms with Gasteiger partial charge in [-0.2, -0.15) is 0 Å². The van der Waals surface area contributed by atoms with Gasteiger partial charge in [-0.1, -0.05) is 18.2 Å². The molecule has 126 valence electrons. The molecule has 1 saturated heterocycles. The predicted molar refractivity (Wildman–Crippen MR) is 87.5 cm³/mol. The van der Waals surface area contributed by atoms with Crippen LogP contribution in [0.25, 0.3) is 11.5 Å². The van der Waals surface area contributed by atoms with E-state index in [2.05, 4.69) is 4.98 Å². The number of nitrogens with zero attached hydrogens (tertiary/aromatic N) is 2. The Kier molecular flexibility index (Phi) is 4.93. The van der Waals surface area contributed by atoms with Gasteiger partial charge in [0.2, 0.25) is 5.89 Å². The summed E-state index contributed by atoms with van der Waals surface area (Å²) in [4.78, 5) is 29.6. The number of hydrogen-bond acceptors (Lipinski definition) is 4. The van der Waals surface area contributed by atoms with Gasteiger partial charge < -0.3 is 14.4 Å². The van der Waals surface area contributed by atoms with Crippen LogP contribution in [0, 0.1) is 0 Å². The zero-order valence-electron chi connectivity index (χ0n) is 13.4. The van der Waals surface area contributed by atoms with Crippen LogP contribution in [-0.4, -0.2) is 39.5 Å². The Morgan fingerprint density at radius 3 is 2.79 bits per heavy atom. The lowest BCUT2D eigenvalue weighted by atomic mass is 9.97. The SMILES string of the molecule is O=C(O)CCC1CCCCN1C(=O)c1coc(-c2ccccc2)n1. The first-order valence-electron chi connectivity index (χ1n) is 8.19. The van der Waals surface area contributed by atoms with E-state index >= 15 is 0 Å². The molecule has 1 N–H and O–H groups in total. The lowest BCUT2D eigenvalue weighted by molar-refractivity contribution is -0.137. The molecule has 1 unspecified atom stereocenters. The van der Waals surface area contributed by atoms with E-state index in [1.54, 1.807) is 4.90 Å². The van der Waals surface area contributed by atoms with E-state index in [-0.39, 0.29) is 24.1 Å². The summed E-state index contributed by atoms with van der Waals surface area (Å²) in [5.41, 5.74) is 1.09. The molecular weight excluding hydrogens is 308 g/mol. The first-order valence-corrected chi connectivity index (χ1v) is 8.19. The lowest BCUT2D eigenvalue weighted by Gasteiger charge is -2.35. The van der Waals surface area contributed by atoms with Crippen molar-refractivity contribution < 1.29 is 19.1 Å². The van der Waals surface area contributed by atoms with Crippen LogP contribution in [0.4, 0.5) is 0 Å². The standard InChI is InChI=1S/C18H20N2O4/c21-16(22)10-9-14-8-4-5-11-20(14)18(23)15-12-24-17(19-15)13-6-2-1-3-7-13/h1-3,6-7,12,14H,4-5,8-11H2,(H,21,22). The molecule has 1 aromatic carbocycles. The van der Waals surface area contributed by atoms with E-state index in [0.29, 0.717) is 18.9 Å². The summed E-state index contributed by atoms with van der Waals surface area (Å²) in [5, 5.41) is 8.88. The second-order valence-electron chi connectivity index (χ2n) is 5.98. The monoisotopic (exact) mass is 328 g/mol. The highest BCUT2D eigenvalue weighted by Crippen LogP contribution is 2.24. The van der Waals surface area contributed by atoms with Crippen LogP contribution in [-0.2, 0) is 4.79 Å². The molecule has 0 bridgehead atoms. The number of likely N-dealkylation sites (tertiary alicyclic amines) is 1. The van der Waals surface area contributed by atoms with Gasteiger partial charge in [-0.3, -0.25) is 9.59 Å². The number of carboxylic acids is 1. The Bertz CT molecular complexity index is 711. The minimum absolute atomic E-state index is 0.0424. The predicted octanol–water partition coefficient (Wildman–Crippen LogP) is 3.20. The number of piperidine rings is 1. The fraction of sp³-hybridized carbons (Fsp3) is 0.389. The third kappa shape index (κ3) is 3.64. The second kappa shape index (κ2) is 7.29. The van der Waals surface area contributed by atoms with Gasteiger partial charge >= 0.3 is 5.97 Å². The Morgan fingerprint density at radius 2 is 2.04 bits per heavy atom. The van der Waals surface area contributed by atoms with Crippen LogP contribution in [0.15, 0.2) is 41.0 Å². The summed E-state index contributed by atoms with van der Waals surface area (Å²) >= 11 is 0. The second-order valence-corrected chi connectivity index (χ2v) is 5.98. The molecule has 1 aliphatic heterocycles. The van der Waals surface area contributed by atoms with Crippen molar-refractivity contribution in [2.24, 2.45) is 0 Å². The largest absolute Gasteiger partial charge is 0.481 e. The summed E-state index contributed by atoms with van der Waals surface area (Å²) in [6, 6.07) is 9.37. The van der Waals surface area contributed by atoms with Gasteiger partial charge in [0.05, 0.1) is 0 Å². The van der Waals surface area contributed by atoms with Gasteiger partial charge in [-0.25, -0.2) is 4.98 Å². The Hall–Kier alpha value is -2.63. The van der Waals surface area contributed by atoms with Crippen LogP contribution in [0.1, 0.15) is 42.6 Å². The summed E-state index contributed by atoms with van der Waals surface area (Å²) in [6.45, 7) is 0.636. The average Bonchev–Trinajstić information content (AvgIpc) is 3.10. The number of amides is 1. The van der Waals surface area contributed by atoms with E-state index in [1.807, 2.05) is 30.3 Å². The molecule has 6 nitrogen and oxygen atoms in total. The number of benzene rings is 1. The highest BCUT2D eigenvalue weighted by molar-refractivity contribution is 5.92. The maximum absolute atomic E-state index is 12.8. The molecule has 1 atom stereocenters. The smallest absolute Gasteiger partial charge is 0.303 e. The third-order valence-electron chi connectivity index (χ3n) is 4.32. The molecule has 3 rings (SSSR count). The molecule has 0 saturated carbocycles. The van der Waals surface area contributed by atoms with Gasteiger partial charge in [0.1, 0.15) is 6.26 Å². The molecule has 0 radical (unpaired) electrons. The molecule has 1 fully saturated rings. The van der Waals surface area contributed by atoms with Gasteiger partial charge in [-0.05, 0) is 37.8 Å². The number of carbonyl (C=O) groups is 2. The Morgan fingerprint density at radius 1 is 1.25 bits per heavy atom. The normalized spacial score (nSPS) is 17.7. The molecule has 1 aromatic heterocycles. The van der Waals surface area contributed by atoms with Gasteiger partial charge in [-0.15, -0.1) is 0 Å². The quantitative estimate of drug-likeness (QED) is 0.911. The van der Waals surface area contributed by atoms with Crippen LogP contribution in [0.3, 0.4) is 0 Å². The van der Waals surface area contributed by atoms with E-state index in [4.69, 9.17) is 9.52 Å². The molecule has 1 amide bonds. The van der Waals surface area contributed by atoms with E-state index in [9.17, 15) is 9.59 Å². The Balaban J connectivity index is 1.74. The maximum atomic E-state index is 12.8. The van der Waals surface area contributed by atoms with Crippen molar-refractivity contribution in [3.05, 3.63) is 42.3 Å². The number of hydrogen-bond donors (Lipinski definition) is 1. The lowest BCUT2D eigenvalue weighted by Crippen LogP contribution is -2.44. The first-order chi connectivity index (χ1) is 11.6. The summed E-state index contributed by atoms with van der Waals surface area (Å²) in [5.74, 6) is -0.602. The van der Waals surface area contributed by atoms with Gasteiger partial charge in [0.25, 0.3) is 5.91 Å². The topological polar surface area (TPSA) is 83.6 Å². The number of rotatable bonds is 5. The van der Waals surface area contributed by atoms with E-state index < -0.39 is 5.97 Å². The van der Waals surface area contributed by atoms with Crippen molar-refractivity contribution in [1.29, 1.82) is 0 Å². The number of carbonyl (C=O) groups excluding carboxylic acids is 1. The molecule has 2 aromatic rings. The van der Waals surface area contributed by atoms with Crippen LogP contribution in [0.2, 0.25) is 0 Å². The molecule has 0 aliphatic carbocycles. The van der Waals surface area contributed by atoms with Crippen molar-refractivity contribution >= 4 is 11.9 Å². The van der Waals surface area contributed by atoms with E-state index in [1.165, 1.54) is 6.26 Å². The molecule has 2 heterocycles. The molecule has 24 heavy (non-hydrogen) atoms. The number of aliphatic carboxylic acids is 1. The van der Waals surface area contributed by atoms with Gasteiger partial charge in [0, 0.05) is 24.6 Å². The first kappa shape index (κ1) is 16.2. The van der Waals surface area contributed by atoms with Crippen molar-refractivity contribution in [2.75, 3.05) is 6.54 Å². The zero-order valence-corrected chi connectivity index (χ0v) is 13.4. The highest BCUT2D eigenvalue weighted by atomic mass is 16.4. The molecular formula is C18H20N2O4. The number of aromatic nitrogens is 1.